The van der Waals surface area contributed by atoms with Gasteiger partial charge in [-0.2, -0.15) is 13.2 Å². The highest BCUT2D eigenvalue weighted by atomic mass is 19.4. The lowest BCUT2D eigenvalue weighted by atomic mass is 9.98. The highest BCUT2D eigenvalue weighted by Crippen LogP contribution is 2.35. The van der Waals surface area contributed by atoms with E-state index in [1.165, 1.54) is 19.9 Å². The van der Waals surface area contributed by atoms with Crippen LogP contribution in [0.15, 0.2) is 91.6 Å². The van der Waals surface area contributed by atoms with E-state index in [1.54, 1.807) is 56.0 Å². The largest absolute Gasteiger partial charge is 0.481 e. The maximum atomic E-state index is 14.7. The molecule has 6 aromatic rings. The Hall–Kier alpha value is -8.51. The number of amides is 4. The van der Waals surface area contributed by atoms with Gasteiger partial charge in [0, 0.05) is 85.3 Å². The van der Waals surface area contributed by atoms with Crippen molar-refractivity contribution in [2.24, 2.45) is 17.4 Å². The van der Waals surface area contributed by atoms with Crippen molar-refractivity contribution in [3.05, 3.63) is 109 Å². The van der Waals surface area contributed by atoms with Gasteiger partial charge in [0.2, 0.25) is 31.0 Å². The van der Waals surface area contributed by atoms with Crippen molar-refractivity contribution in [2.45, 2.75) is 46.7 Å². The average Bonchev–Trinajstić information content (AvgIpc) is 3.41. The van der Waals surface area contributed by atoms with Crippen LogP contribution in [-0.2, 0) is 19.1 Å². The molecule has 4 amide bonds. The van der Waals surface area contributed by atoms with E-state index in [0.29, 0.717) is 53.0 Å². The van der Waals surface area contributed by atoms with Crippen LogP contribution in [0.3, 0.4) is 0 Å². The van der Waals surface area contributed by atoms with Crippen molar-refractivity contribution >= 4 is 42.5 Å². The number of ether oxygens (including phenoxy) is 3. The number of aromatic nitrogens is 5. The first-order valence-corrected chi connectivity index (χ1v) is 24.2. The lowest BCUT2D eigenvalue weighted by Crippen LogP contribution is -2.40. The Bertz CT molecular complexity index is 2780. The molecule has 1 saturated heterocycles. The number of nitrogens with zero attached hydrogens (tertiary/aromatic N) is 6. The van der Waals surface area contributed by atoms with Crippen LogP contribution in [0.5, 0.6) is 11.8 Å². The summed E-state index contributed by atoms with van der Waals surface area (Å²) in [5.74, 6) is -0.787. The van der Waals surface area contributed by atoms with Crippen molar-refractivity contribution in [3.8, 4) is 56.5 Å². The number of nitrogens with one attached hydrogen (secondary N) is 4. The molecule has 1 unspecified atom stereocenters. The molecule has 1 aliphatic heterocycles. The molecule has 7 rings (SSSR count). The van der Waals surface area contributed by atoms with Crippen LogP contribution >= 0.6 is 0 Å². The predicted octanol–water partition coefficient (Wildman–Crippen LogP) is 7.40. The summed E-state index contributed by atoms with van der Waals surface area (Å²) in [4.78, 5) is 62.6. The molecule has 0 saturated carbocycles. The summed E-state index contributed by atoms with van der Waals surface area (Å²) in [6, 6.07) is 19.4. The van der Waals surface area contributed by atoms with E-state index in [-0.39, 0.29) is 57.2 Å². The molecule has 0 radical (unpaired) electrons. The molecule has 20 nitrogen and oxygen atoms in total. The molecular weight excluding hydrogens is 1010 g/mol. The lowest BCUT2D eigenvalue weighted by Gasteiger charge is -2.30. The number of halogens is 4. The second-order valence-electron chi connectivity index (χ2n) is 16.2. The van der Waals surface area contributed by atoms with Crippen molar-refractivity contribution in [1.82, 2.24) is 35.1 Å². The van der Waals surface area contributed by atoms with Gasteiger partial charge in [0.1, 0.15) is 24.6 Å². The van der Waals surface area contributed by atoms with Crippen LogP contribution in [0.2, 0.25) is 0 Å². The van der Waals surface area contributed by atoms with Crippen LogP contribution in [0.1, 0.15) is 37.8 Å². The van der Waals surface area contributed by atoms with Crippen LogP contribution in [0, 0.1) is 25.6 Å². The standard InChI is InChI=1S/C25H29FN4O3.C24H25F3N6O3.C2H6.2CH3NO/c1-17-12-21(26)23(27-6-9-30-7-3-8-30)16-20(17)19-13-22(29-25(15-19)33-11-10-31)18-4-5-28-24(14-18)32-2;1-15-3-4-19(30-12-18(24(25,26)27)5-6-28-14-34)8-20(15)16-7-17(11-29-10-16)21-9-22(32-13-31-21)33-23(35)36-2;1-2;2*2-1-3/h4-5,12-16,27,31H,3,6-11H2,1-2H3;3-4,7-11,13-14,18,30H,5-6,12H2,1-2H3,(H,28,34)(H,31,32,33,35);1-2H3;2*1H,(H2,2,3). The Labute approximate surface area is 444 Å². The first kappa shape index (κ1) is 62.8. The van der Waals surface area contributed by atoms with E-state index in [1.807, 2.05) is 64.1 Å². The number of aliphatic hydroxyl groups excluding tert-OH is 1. The maximum Gasteiger partial charge on any atom is 0.412 e. The summed E-state index contributed by atoms with van der Waals surface area (Å²) >= 11 is 0. The van der Waals surface area contributed by atoms with Crippen LogP contribution in [0.4, 0.5) is 39.5 Å². The highest BCUT2D eigenvalue weighted by Gasteiger charge is 2.38. The number of methoxy groups -OCH3 is 2. The van der Waals surface area contributed by atoms with Gasteiger partial charge in [0.05, 0.1) is 43.8 Å². The summed E-state index contributed by atoms with van der Waals surface area (Å²) in [7, 11) is 2.80. The zero-order valence-electron chi connectivity index (χ0n) is 43.7. The lowest BCUT2D eigenvalue weighted by molar-refractivity contribution is -0.172. The third-order valence-corrected chi connectivity index (χ3v) is 11.1. The van der Waals surface area contributed by atoms with Crippen molar-refractivity contribution in [1.29, 1.82) is 0 Å². The monoisotopic (exact) mass is 1070 g/mol. The highest BCUT2D eigenvalue weighted by molar-refractivity contribution is 5.84. The Balaban J connectivity index is 0.000000358. The summed E-state index contributed by atoms with van der Waals surface area (Å²) in [6.07, 6.45) is 3.02. The minimum absolute atomic E-state index is 0.0626. The second kappa shape index (κ2) is 33.4. The van der Waals surface area contributed by atoms with E-state index in [0.717, 1.165) is 58.6 Å². The molecule has 5 heterocycles. The Morgan fingerprint density at radius 1 is 0.818 bits per heavy atom. The molecule has 9 N–H and O–H groups in total. The quantitative estimate of drug-likeness (QED) is 0.0223. The number of benzene rings is 2. The zero-order chi connectivity index (χ0) is 56.8. The number of anilines is 3. The molecular formula is C53H66F4N12O8. The smallest absolute Gasteiger partial charge is 0.412 e. The van der Waals surface area contributed by atoms with E-state index in [2.05, 4.69) is 67.3 Å². The number of hydrogen-bond donors (Lipinski definition) is 7. The van der Waals surface area contributed by atoms with Gasteiger partial charge in [-0.1, -0.05) is 19.9 Å². The molecule has 414 valence electrons. The number of pyridine rings is 3. The molecule has 77 heavy (non-hydrogen) atoms. The van der Waals surface area contributed by atoms with E-state index < -0.39 is 18.2 Å². The van der Waals surface area contributed by atoms with E-state index >= 15 is 0 Å². The first-order chi connectivity index (χ1) is 37.1. The number of aryl methyl sites for hydroxylation is 2. The molecule has 0 aliphatic carbocycles. The predicted molar refractivity (Wildman–Crippen MR) is 286 cm³/mol. The molecule has 0 bridgehead atoms. The fraction of sp³-hybridized carbons (Fsp3) is 0.340. The number of hydrogen-bond acceptors (Lipinski definition) is 16. The minimum atomic E-state index is -4.40. The molecule has 0 spiro atoms. The molecule has 1 fully saturated rings. The molecule has 2 aromatic carbocycles. The Morgan fingerprint density at radius 3 is 2.17 bits per heavy atom. The van der Waals surface area contributed by atoms with Crippen molar-refractivity contribution in [2.75, 3.05) is 82.7 Å². The number of likely N-dealkylation sites (tertiary alicyclic amines) is 1. The number of primary amides is 2. The molecule has 24 heteroatoms. The zero-order valence-corrected chi connectivity index (χ0v) is 43.7. The normalized spacial score (nSPS) is 11.7. The topological polar surface area (TPSA) is 284 Å². The minimum Gasteiger partial charge on any atom is -0.481 e. The molecule has 1 aliphatic rings. The summed E-state index contributed by atoms with van der Waals surface area (Å²) in [5, 5.41) is 20.0. The number of carbonyl (C=O) groups excluding carboxylic acids is 4. The van der Waals surface area contributed by atoms with Crippen molar-refractivity contribution in [3.63, 3.8) is 0 Å². The van der Waals surface area contributed by atoms with Gasteiger partial charge in [0.15, 0.2) is 0 Å². The third-order valence-electron chi connectivity index (χ3n) is 11.1. The average molecular weight is 1080 g/mol. The third kappa shape index (κ3) is 20.6. The van der Waals surface area contributed by atoms with E-state index in [9.17, 15) is 32.3 Å². The number of rotatable bonds is 20. The van der Waals surface area contributed by atoms with Gasteiger partial charge in [0.25, 0.3) is 0 Å². The van der Waals surface area contributed by atoms with Gasteiger partial charge in [-0.25, -0.2) is 29.1 Å². The van der Waals surface area contributed by atoms with Crippen LogP contribution < -0.4 is 42.2 Å². The van der Waals surface area contributed by atoms with Gasteiger partial charge in [-0.3, -0.25) is 24.7 Å². The number of carbonyl (C=O) groups is 4. The number of alkyl halides is 3. The summed E-state index contributed by atoms with van der Waals surface area (Å²) in [6.45, 7) is 11.2. The van der Waals surface area contributed by atoms with Crippen LogP contribution in [0.25, 0.3) is 44.8 Å². The fourth-order valence-corrected chi connectivity index (χ4v) is 7.23. The number of nitrogens with two attached hydrogens (primary N) is 2. The van der Waals surface area contributed by atoms with Gasteiger partial charge < -0.3 is 51.6 Å². The molecule has 4 aromatic heterocycles. The van der Waals surface area contributed by atoms with Gasteiger partial charge >= 0.3 is 12.3 Å². The molecule has 1 atom stereocenters. The summed E-state index contributed by atoms with van der Waals surface area (Å²) in [5.41, 5.74) is 16.9. The van der Waals surface area contributed by atoms with E-state index in [4.69, 9.17) is 19.1 Å². The van der Waals surface area contributed by atoms with Gasteiger partial charge in [-0.05, 0) is 110 Å². The van der Waals surface area contributed by atoms with Crippen LogP contribution in [-0.4, -0.2) is 133 Å². The second-order valence-corrected chi connectivity index (χ2v) is 16.2. The SMILES string of the molecule is CC.COC(=O)Nc1cc(-c2cncc(-c3cc(NCC(CCNC=O)C(F)(F)F)ccc3C)c2)ncn1.COc1cc(-c2cc(-c3cc(NCCN4CCC4)c(F)cc3C)cc(OCCO)n2)ccn1.NC=O.NC=O. The number of aliphatic hydroxyl groups is 1. The van der Waals surface area contributed by atoms with Crippen molar-refractivity contribution < 1.29 is 56.1 Å². The Kier molecular flexibility index (Phi) is 27.2. The Morgan fingerprint density at radius 2 is 1.52 bits per heavy atom. The fourth-order valence-electron chi connectivity index (χ4n) is 7.23. The first-order valence-electron chi connectivity index (χ1n) is 24.2. The maximum absolute atomic E-state index is 14.7. The summed E-state index contributed by atoms with van der Waals surface area (Å²) < 4.78 is 70.3. The van der Waals surface area contributed by atoms with Gasteiger partial charge in [-0.15, -0.1) is 0 Å².